The highest BCUT2D eigenvalue weighted by molar-refractivity contribution is 7.90. The number of nitro benzene ring substituents is 1. The molecule has 19 nitrogen and oxygen atoms in total. The number of aromatic nitrogens is 3. The molecule has 3 N–H and O–H groups in total. The first kappa shape index (κ1) is 52.4. The zero-order valence-electron chi connectivity index (χ0n) is 43.7. The molecule has 7 heterocycles. The van der Waals surface area contributed by atoms with Gasteiger partial charge in [-0.3, -0.25) is 19.7 Å². The van der Waals surface area contributed by atoms with Crippen LogP contribution >= 0.6 is 11.6 Å². The summed E-state index contributed by atoms with van der Waals surface area (Å²) in [6.07, 6.45) is 3.40. The Morgan fingerprint density at radius 3 is 2.26 bits per heavy atom. The van der Waals surface area contributed by atoms with E-state index in [1.807, 2.05) is 71.3 Å². The summed E-state index contributed by atoms with van der Waals surface area (Å²) in [5.41, 5.74) is 8.56. The Labute approximate surface area is 457 Å². The van der Waals surface area contributed by atoms with E-state index in [0.29, 0.717) is 112 Å². The minimum absolute atomic E-state index is 0.0238. The van der Waals surface area contributed by atoms with E-state index in [4.69, 9.17) is 30.8 Å². The normalized spacial score (nSPS) is 16.3. The van der Waals surface area contributed by atoms with Crippen LogP contribution in [-0.4, -0.2) is 130 Å². The number of benzene rings is 4. The van der Waals surface area contributed by atoms with E-state index < -0.39 is 31.4 Å². The maximum Gasteiger partial charge on any atom is 0.293 e. The Hall–Kier alpha value is -7.65. The van der Waals surface area contributed by atoms with Crippen LogP contribution in [0.4, 0.5) is 34.1 Å². The third kappa shape index (κ3) is 10.4. The molecule has 0 saturated carbocycles. The lowest BCUT2D eigenvalue weighted by Crippen LogP contribution is -2.46. The molecule has 3 fully saturated rings. The van der Waals surface area contributed by atoms with Gasteiger partial charge < -0.3 is 48.7 Å². The van der Waals surface area contributed by atoms with Crippen molar-refractivity contribution in [3.05, 3.63) is 135 Å². The van der Waals surface area contributed by atoms with Gasteiger partial charge in [-0.05, 0) is 117 Å². The maximum atomic E-state index is 14.7. The molecular weight excluding hydrogens is 1040 g/mol. The van der Waals surface area contributed by atoms with Crippen molar-refractivity contribution in [1.82, 2.24) is 24.2 Å². The number of nitrogens with one attached hydrogen (secondary N) is 3. The van der Waals surface area contributed by atoms with Crippen LogP contribution in [0.3, 0.4) is 0 Å². The number of hydrogen-bond acceptors (Lipinski definition) is 14. The van der Waals surface area contributed by atoms with E-state index in [-0.39, 0.29) is 35.7 Å². The predicted octanol–water partition coefficient (Wildman–Crippen LogP) is 9.44. The summed E-state index contributed by atoms with van der Waals surface area (Å²) in [5.74, 6) is -0.336. The lowest BCUT2D eigenvalue weighted by Gasteiger charge is -2.38. The predicted molar refractivity (Wildman–Crippen MR) is 301 cm³/mol. The van der Waals surface area contributed by atoms with Crippen molar-refractivity contribution >= 4 is 78.6 Å². The summed E-state index contributed by atoms with van der Waals surface area (Å²) in [4.78, 5) is 56.6. The van der Waals surface area contributed by atoms with Crippen molar-refractivity contribution in [3.8, 4) is 28.3 Å². The second-order valence-electron chi connectivity index (χ2n) is 20.3. The molecule has 7 aromatic rings. The minimum Gasteiger partial charge on any atom is -0.474 e. The maximum absolute atomic E-state index is 14.7. The smallest absolute Gasteiger partial charge is 0.293 e. The molecule has 3 aromatic heterocycles. The van der Waals surface area contributed by atoms with Crippen molar-refractivity contribution in [3.63, 3.8) is 0 Å². The summed E-state index contributed by atoms with van der Waals surface area (Å²) in [7, 11) is -4.62. The number of anilines is 5. The van der Waals surface area contributed by atoms with Gasteiger partial charge in [0.1, 0.15) is 23.6 Å². The number of fused-ring (bicyclic) bond motifs is 2. The number of carbonyl (C=O) groups excluding carboxylic acids is 2. The van der Waals surface area contributed by atoms with Crippen LogP contribution in [0.15, 0.2) is 108 Å². The number of pyridine rings is 1. The van der Waals surface area contributed by atoms with Gasteiger partial charge in [0.15, 0.2) is 0 Å². The molecule has 21 heteroatoms. The number of halogens is 1. The van der Waals surface area contributed by atoms with Gasteiger partial charge in [0.2, 0.25) is 5.88 Å². The van der Waals surface area contributed by atoms with Gasteiger partial charge in [0, 0.05) is 110 Å². The number of ether oxygens (including phenoxy) is 3. The number of piperazine rings is 1. The lowest BCUT2D eigenvalue weighted by atomic mass is 9.95. The number of amides is 2. The van der Waals surface area contributed by atoms with E-state index in [1.165, 1.54) is 12.1 Å². The van der Waals surface area contributed by atoms with Gasteiger partial charge in [-0.1, -0.05) is 35.9 Å². The number of nitrogens with zero attached hydrogens (tertiary/aromatic N) is 7. The number of aromatic amines is 1. The molecule has 78 heavy (non-hydrogen) atoms. The van der Waals surface area contributed by atoms with Crippen LogP contribution in [0.5, 0.6) is 5.88 Å². The van der Waals surface area contributed by atoms with Gasteiger partial charge >= 0.3 is 0 Å². The summed E-state index contributed by atoms with van der Waals surface area (Å²) in [6.45, 7) is 13.0. The molecule has 11 rings (SSSR count). The third-order valence-electron chi connectivity index (χ3n) is 15.2. The second-order valence-corrected chi connectivity index (χ2v) is 22.4. The Kier molecular flexibility index (Phi) is 14.8. The zero-order chi connectivity index (χ0) is 54.2. The van der Waals surface area contributed by atoms with Gasteiger partial charge in [0.25, 0.3) is 27.5 Å². The highest BCUT2D eigenvalue weighted by atomic mass is 35.5. The molecule has 0 radical (unpaired) electrons. The molecule has 406 valence electrons. The van der Waals surface area contributed by atoms with Crippen LogP contribution in [0, 0.1) is 23.0 Å². The van der Waals surface area contributed by atoms with Gasteiger partial charge in [-0.2, -0.15) is 4.98 Å². The summed E-state index contributed by atoms with van der Waals surface area (Å²) < 4.78 is 49.7. The molecule has 2 amide bonds. The number of H-pyrrole nitrogens is 1. The number of morpholine rings is 1. The second kappa shape index (κ2) is 22.0. The Morgan fingerprint density at radius 1 is 0.821 bits per heavy atom. The summed E-state index contributed by atoms with van der Waals surface area (Å²) in [5, 5.41) is 16.8. The standard InChI is InChI=1S/C57H61ClN10O9S/c1-36(2)67-37(3)51(57(70)65-23-28-76-29-24-65)52(53(67)39-7-9-42(58)10-8-39)40-5-4-6-43(31-40)63-19-21-64(22-20-63)44-11-13-46(48(33-44)66-25-30-77-56-50(66)32-41-15-18-59-54(41)61-56)55(69)62-78(73,74)45-12-14-47(49(34-45)68(71)72)60-35-38-16-26-75-27-17-38/h4-15,18,31-34,36,38,60H,16-17,19-30,35H2,1-3H3,(H,59,61)(H,62,69). The number of hydrogen-bond donors (Lipinski definition) is 3. The van der Waals surface area contributed by atoms with Crippen molar-refractivity contribution < 1.29 is 37.1 Å². The van der Waals surface area contributed by atoms with Gasteiger partial charge in [-0.25, -0.2) is 13.1 Å². The molecule has 4 aliphatic rings. The molecule has 0 aliphatic carbocycles. The van der Waals surface area contributed by atoms with Gasteiger partial charge in [-0.15, -0.1) is 0 Å². The zero-order valence-corrected chi connectivity index (χ0v) is 45.2. The van der Waals surface area contributed by atoms with Crippen LogP contribution in [0.2, 0.25) is 5.02 Å². The molecule has 0 atom stereocenters. The van der Waals surface area contributed by atoms with Crippen molar-refractivity contribution in [2.24, 2.45) is 5.92 Å². The lowest BCUT2D eigenvalue weighted by molar-refractivity contribution is -0.384. The third-order valence-corrected chi connectivity index (χ3v) is 16.8. The fraction of sp³-hybridized carbons (Fsp3) is 0.351. The number of nitro groups is 1. The monoisotopic (exact) mass is 1100 g/mol. The number of rotatable bonds is 14. The SMILES string of the molecule is Cc1c(C(=O)N2CCOCC2)c(-c2cccc(N3CCN(c4ccc(C(=O)NS(=O)(=O)c5ccc(NCC6CCOCC6)c([N+](=O)[O-])c5)c(N5CCOc6nc7[nH]ccc7cc65)c4)CC3)c2)c(-c2ccc(Cl)cc2)n1C(C)C. The molecule has 3 saturated heterocycles. The summed E-state index contributed by atoms with van der Waals surface area (Å²) in [6, 6.07) is 28.9. The highest BCUT2D eigenvalue weighted by Crippen LogP contribution is 2.44. The fourth-order valence-corrected chi connectivity index (χ4v) is 12.3. The quantitative estimate of drug-likeness (QED) is 0.0685. The number of sulfonamides is 1. The highest BCUT2D eigenvalue weighted by Gasteiger charge is 2.34. The van der Waals surface area contributed by atoms with Crippen molar-refractivity contribution in [1.29, 1.82) is 0 Å². The molecule has 0 spiro atoms. The van der Waals surface area contributed by atoms with Crippen LogP contribution in [-0.2, 0) is 19.5 Å². The van der Waals surface area contributed by atoms with Crippen molar-refractivity contribution in [2.75, 3.05) is 105 Å². The molecule has 4 aromatic carbocycles. The first-order valence-electron chi connectivity index (χ1n) is 26.4. The molecule has 0 unspecified atom stereocenters. The first-order valence-corrected chi connectivity index (χ1v) is 28.3. The van der Waals surface area contributed by atoms with E-state index in [2.05, 4.69) is 61.4 Å². The minimum atomic E-state index is -4.62. The van der Waals surface area contributed by atoms with Crippen molar-refractivity contribution in [2.45, 2.75) is 44.6 Å². The fourth-order valence-electron chi connectivity index (χ4n) is 11.2. The van der Waals surface area contributed by atoms with E-state index in [0.717, 1.165) is 63.7 Å². The number of carbonyl (C=O) groups is 2. The van der Waals surface area contributed by atoms with E-state index in [1.54, 1.807) is 12.3 Å². The topological polar surface area (TPSA) is 210 Å². The largest absolute Gasteiger partial charge is 0.474 e. The molecular formula is C57H61ClN10O9S. The average Bonchev–Trinajstić information content (AvgIpc) is 4.25. The van der Waals surface area contributed by atoms with Crippen LogP contribution in [0.25, 0.3) is 33.4 Å². The van der Waals surface area contributed by atoms with E-state index in [9.17, 15) is 28.1 Å². The average molecular weight is 1100 g/mol. The molecule has 0 bridgehead atoms. The van der Waals surface area contributed by atoms with Crippen LogP contribution < -0.4 is 29.5 Å². The summed E-state index contributed by atoms with van der Waals surface area (Å²) >= 11 is 6.42. The Bertz CT molecular complexity index is 3530. The first-order chi connectivity index (χ1) is 37.7. The van der Waals surface area contributed by atoms with E-state index >= 15 is 0 Å². The Morgan fingerprint density at radius 2 is 1.54 bits per heavy atom. The molecule has 4 aliphatic heterocycles. The Balaban J connectivity index is 0.887. The van der Waals surface area contributed by atoms with Gasteiger partial charge in [0.05, 0.1) is 52.1 Å². The van der Waals surface area contributed by atoms with Crippen LogP contribution in [0.1, 0.15) is 59.1 Å².